The molecule has 3 rings (SSSR count). The van der Waals surface area contributed by atoms with Crippen molar-refractivity contribution in [2.24, 2.45) is 0 Å². The normalized spacial score (nSPS) is 12.3. The van der Waals surface area contributed by atoms with Crippen molar-refractivity contribution in [3.63, 3.8) is 0 Å². The van der Waals surface area contributed by atoms with Crippen LogP contribution in [0.1, 0.15) is 22.8 Å². The van der Waals surface area contributed by atoms with Gasteiger partial charge in [-0.05, 0) is 54.0 Å². The molecule has 0 saturated heterocycles. The zero-order valence-electron chi connectivity index (χ0n) is 14.1. The molecule has 1 heterocycles. The average Bonchev–Trinajstić information content (AvgIpc) is 3.12. The van der Waals surface area contributed by atoms with Gasteiger partial charge in [-0.1, -0.05) is 53.0 Å². The fourth-order valence-corrected chi connectivity index (χ4v) is 4.73. The molecule has 0 saturated carbocycles. The first-order chi connectivity index (χ1) is 12.6. The molecule has 0 amide bonds. The summed E-state index contributed by atoms with van der Waals surface area (Å²) in [6, 6.07) is 13.8. The van der Waals surface area contributed by atoms with Gasteiger partial charge in [0.05, 0.1) is 6.33 Å². The second-order valence-corrected chi connectivity index (χ2v) is 8.61. The lowest BCUT2D eigenvalue weighted by molar-refractivity contribution is 0.682. The standard InChI is InChI=1S/C20H19Cl3N2S/c21-16-5-3-15(4-6-16)2-1-11-26-20(13-25-10-9-24-14-25)18-8-7-17(22)12-19(18)23/h3-10,12,14,20H,1-2,11,13H2. The van der Waals surface area contributed by atoms with Crippen molar-refractivity contribution in [2.75, 3.05) is 5.75 Å². The first kappa shape index (κ1) is 19.6. The third kappa shape index (κ3) is 5.68. The first-order valence-electron chi connectivity index (χ1n) is 8.38. The van der Waals surface area contributed by atoms with Gasteiger partial charge in [-0.25, -0.2) is 4.98 Å². The molecule has 3 aromatic rings. The summed E-state index contributed by atoms with van der Waals surface area (Å²) in [5.41, 5.74) is 2.42. The van der Waals surface area contributed by atoms with Gasteiger partial charge in [0.25, 0.3) is 0 Å². The number of rotatable bonds is 8. The number of hydrogen-bond acceptors (Lipinski definition) is 2. The summed E-state index contributed by atoms with van der Waals surface area (Å²) in [6.07, 6.45) is 7.75. The molecule has 0 aliphatic heterocycles. The zero-order chi connectivity index (χ0) is 18.4. The van der Waals surface area contributed by atoms with Crippen LogP contribution < -0.4 is 0 Å². The van der Waals surface area contributed by atoms with Crippen LogP contribution in [0.4, 0.5) is 0 Å². The Hall–Kier alpha value is -1.13. The number of halogens is 3. The highest BCUT2D eigenvalue weighted by Gasteiger charge is 2.16. The van der Waals surface area contributed by atoms with Crippen LogP contribution in [0.3, 0.4) is 0 Å². The molecule has 0 bridgehead atoms. The monoisotopic (exact) mass is 424 g/mol. The number of imidazole rings is 1. The van der Waals surface area contributed by atoms with Gasteiger partial charge in [0.2, 0.25) is 0 Å². The van der Waals surface area contributed by atoms with Crippen molar-refractivity contribution in [3.8, 4) is 0 Å². The minimum atomic E-state index is 0.249. The topological polar surface area (TPSA) is 17.8 Å². The molecule has 0 radical (unpaired) electrons. The van der Waals surface area contributed by atoms with Gasteiger partial charge in [0.1, 0.15) is 0 Å². The summed E-state index contributed by atoms with van der Waals surface area (Å²) in [6.45, 7) is 0.826. The van der Waals surface area contributed by atoms with Crippen LogP contribution in [-0.2, 0) is 13.0 Å². The van der Waals surface area contributed by atoms with E-state index in [1.54, 1.807) is 6.20 Å². The third-order valence-electron chi connectivity index (χ3n) is 4.09. The van der Waals surface area contributed by atoms with E-state index in [2.05, 4.69) is 21.7 Å². The van der Waals surface area contributed by atoms with Crippen molar-refractivity contribution in [1.29, 1.82) is 0 Å². The summed E-state index contributed by atoms with van der Waals surface area (Å²) in [4.78, 5) is 4.14. The molecule has 1 unspecified atom stereocenters. The van der Waals surface area contributed by atoms with Gasteiger partial charge < -0.3 is 4.57 Å². The fourth-order valence-electron chi connectivity index (χ4n) is 2.74. The van der Waals surface area contributed by atoms with Crippen LogP contribution in [0, 0.1) is 0 Å². The summed E-state index contributed by atoms with van der Waals surface area (Å²) in [7, 11) is 0. The molecule has 2 aromatic carbocycles. The SMILES string of the molecule is Clc1ccc(CCCSC(Cn2ccnc2)c2ccc(Cl)cc2Cl)cc1. The van der Waals surface area contributed by atoms with Crippen LogP contribution in [0.15, 0.2) is 61.2 Å². The number of hydrogen-bond donors (Lipinski definition) is 0. The number of benzene rings is 2. The van der Waals surface area contributed by atoms with Crippen LogP contribution in [0.2, 0.25) is 15.1 Å². The van der Waals surface area contributed by atoms with Gasteiger partial charge in [0.15, 0.2) is 0 Å². The lowest BCUT2D eigenvalue weighted by Crippen LogP contribution is -2.06. The maximum atomic E-state index is 6.45. The first-order valence-corrected chi connectivity index (χ1v) is 10.6. The van der Waals surface area contributed by atoms with Crippen molar-refractivity contribution < 1.29 is 0 Å². The van der Waals surface area contributed by atoms with Gasteiger partial charge >= 0.3 is 0 Å². The molecular weight excluding hydrogens is 407 g/mol. The molecule has 2 nitrogen and oxygen atoms in total. The van der Waals surface area contributed by atoms with E-state index >= 15 is 0 Å². The lowest BCUT2D eigenvalue weighted by atomic mass is 10.1. The molecule has 1 aromatic heterocycles. The van der Waals surface area contributed by atoms with Crippen LogP contribution in [-0.4, -0.2) is 15.3 Å². The third-order valence-corrected chi connectivity index (χ3v) is 6.23. The highest BCUT2D eigenvalue weighted by molar-refractivity contribution is 7.99. The summed E-state index contributed by atoms with van der Waals surface area (Å²) >= 11 is 20.4. The van der Waals surface area contributed by atoms with Crippen molar-refractivity contribution in [2.45, 2.75) is 24.6 Å². The Labute approximate surface area is 173 Å². The molecule has 26 heavy (non-hydrogen) atoms. The lowest BCUT2D eigenvalue weighted by Gasteiger charge is -2.19. The van der Waals surface area contributed by atoms with Crippen molar-refractivity contribution in [3.05, 3.63) is 87.4 Å². The van der Waals surface area contributed by atoms with Gasteiger partial charge in [-0.15, -0.1) is 0 Å². The van der Waals surface area contributed by atoms with E-state index < -0.39 is 0 Å². The molecule has 0 fully saturated rings. The molecule has 0 spiro atoms. The van der Waals surface area contributed by atoms with E-state index in [9.17, 15) is 0 Å². The second-order valence-electron chi connectivity index (χ2n) is 6.01. The Morgan fingerprint density at radius 2 is 1.77 bits per heavy atom. The van der Waals surface area contributed by atoms with Crippen LogP contribution in [0.25, 0.3) is 0 Å². The molecule has 0 aliphatic rings. The van der Waals surface area contributed by atoms with E-state index in [1.165, 1.54) is 5.56 Å². The summed E-state index contributed by atoms with van der Waals surface area (Å²) in [5, 5.41) is 2.40. The fraction of sp³-hybridized carbons (Fsp3) is 0.250. The Morgan fingerprint density at radius 1 is 1.00 bits per heavy atom. The number of aromatic nitrogens is 2. The molecule has 6 heteroatoms. The molecule has 0 aliphatic carbocycles. The van der Waals surface area contributed by atoms with Gasteiger partial charge in [0, 0.05) is 39.3 Å². The molecule has 0 N–H and O–H groups in total. The second kappa shape index (κ2) is 9.70. The summed E-state index contributed by atoms with van der Waals surface area (Å²) < 4.78 is 2.09. The van der Waals surface area contributed by atoms with Crippen molar-refractivity contribution in [1.82, 2.24) is 9.55 Å². The van der Waals surface area contributed by atoms with Gasteiger partial charge in [-0.3, -0.25) is 0 Å². The predicted octanol–water partition coefficient (Wildman–Crippen LogP) is 6.95. The highest BCUT2D eigenvalue weighted by atomic mass is 35.5. The Balaban J connectivity index is 1.62. The number of nitrogens with zero attached hydrogens (tertiary/aromatic N) is 2. The minimum Gasteiger partial charge on any atom is -0.336 e. The Morgan fingerprint density at radius 3 is 2.46 bits per heavy atom. The maximum Gasteiger partial charge on any atom is 0.0946 e. The number of thioether (sulfide) groups is 1. The Bertz CT molecular complexity index is 820. The minimum absolute atomic E-state index is 0.249. The highest BCUT2D eigenvalue weighted by Crippen LogP contribution is 2.36. The zero-order valence-corrected chi connectivity index (χ0v) is 17.2. The molecule has 136 valence electrons. The maximum absolute atomic E-state index is 6.45. The quantitative estimate of drug-likeness (QED) is 0.363. The van der Waals surface area contributed by atoms with E-state index in [1.807, 2.05) is 54.6 Å². The van der Waals surface area contributed by atoms with E-state index in [-0.39, 0.29) is 5.25 Å². The van der Waals surface area contributed by atoms with Gasteiger partial charge in [-0.2, -0.15) is 11.8 Å². The molecule has 1 atom stereocenters. The number of aryl methyl sites for hydroxylation is 1. The largest absolute Gasteiger partial charge is 0.336 e. The van der Waals surface area contributed by atoms with E-state index in [0.717, 1.165) is 35.7 Å². The smallest absolute Gasteiger partial charge is 0.0946 e. The average molecular weight is 426 g/mol. The van der Waals surface area contributed by atoms with Crippen LogP contribution in [0.5, 0.6) is 0 Å². The van der Waals surface area contributed by atoms with Crippen LogP contribution >= 0.6 is 46.6 Å². The molecular formula is C20H19Cl3N2S. The predicted molar refractivity (Wildman–Crippen MR) is 114 cm³/mol. The van der Waals surface area contributed by atoms with E-state index in [0.29, 0.717) is 10.0 Å². The summed E-state index contributed by atoms with van der Waals surface area (Å²) in [5.74, 6) is 1.04. The van der Waals surface area contributed by atoms with E-state index in [4.69, 9.17) is 34.8 Å². The van der Waals surface area contributed by atoms with Crippen molar-refractivity contribution >= 4 is 46.6 Å². The Kier molecular flexibility index (Phi) is 7.32.